The lowest BCUT2D eigenvalue weighted by atomic mass is 9.98. The number of para-hydroxylation sites is 2. The van der Waals surface area contributed by atoms with Crippen LogP contribution >= 0.6 is 0 Å². The minimum atomic E-state index is -0.750. The largest absolute Gasteiger partial charge is 0.497 e. The molecular formula is C25H22N2O4. The Bertz CT molecular complexity index is 1110. The molecule has 3 aromatic rings. The molecule has 2 heterocycles. The maximum absolute atomic E-state index is 13.5. The van der Waals surface area contributed by atoms with E-state index in [1.165, 1.54) is 0 Å². The number of methoxy groups -OCH3 is 1. The quantitative estimate of drug-likeness (QED) is 0.642. The van der Waals surface area contributed by atoms with Gasteiger partial charge >= 0.3 is 0 Å². The highest BCUT2D eigenvalue weighted by molar-refractivity contribution is 6.03. The van der Waals surface area contributed by atoms with E-state index in [4.69, 9.17) is 19.3 Å². The predicted octanol–water partition coefficient (Wildman–Crippen LogP) is 4.21. The van der Waals surface area contributed by atoms with E-state index in [-0.39, 0.29) is 18.6 Å². The van der Waals surface area contributed by atoms with E-state index in [1.807, 2.05) is 72.8 Å². The number of hydrogen-bond acceptors (Lipinski definition) is 5. The number of carbonyl (C=O) groups excluding carboxylic acids is 1. The van der Waals surface area contributed by atoms with Crippen molar-refractivity contribution in [1.82, 2.24) is 5.01 Å². The molecule has 6 nitrogen and oxygen atoms in total. The maximum Gasteiger partial charge on any atom is 0.287 e. The van der Waals surface area contributed by atoms with Crippen LogP contribution in [0.4, 0.5) is 0 Å². The van der Waals surface area contributed by atoms with Gasteiger partial charge in [-0.2, -0.15) is 5.10 Å². The number of hydrogen-bond donors (Lipinski definition) is 0. The van der Waals surface area contributed by atoms with E-state index in [0.717, 1.165) is 22.6 Å². The minimum absolute atomic E-state index is 0.154. The second-order valence-corrected chi connectivity index (χ2v) is 7.45. The number of hydrazone groups is 1. The molecule has 0 N–H and O–H groups in total. The number of fused-ring (bicyclic) bond motifs is 1. The first-order chi connectivity index (χ1) is 15.2. The summed E-state index contributed by atoms with van der Waals surface area (Å²) < 4.78 is 17.0. The van der Waals surface area contributed by atoms with Crippen molar-refractivity contribution in [3.05, 3.63) is 90.0 Å². The lowest BCUT2D eigenvalue weighted by Crippen LogP contribution is -2.44. The van der Waals surface area contributed by atoms with Crippen molar-refractivity contribution in [3.63, 3.8) is 0 Å². The van der Waals surface area contributed by atoms with Crippen molar-refractivity contribution in [1.29, 1.82) is 0 Å². The zero-order valence-electron chi connectivity index (χ0n) is 17.1. The zero-order chi connectivity index (χ0) is 21.2. The molecule has 0 spiro atoms. The van der Waals surface area contributed by atoms with E-state index in [9.17, 15) is 4.79 Å². The summed E-state index contributed by atoms with van der Waals surface area (Å²) in [4.78, 5) is 13.5. The van der Waals surface area contributed by atoms with Gasteiger partial charge in [0.1, 0.15) is 12.4 Å². The zero-order valence-corrected chi connectivity index (χ0v) is 17.1. The Labute approximate surface area is 180 Å². The molecule has 1 amide bonds. The molecule has 2 aliphatic heterocycles. The molecule has 0 saturated carbocycles. The van der Waals surface area contributed by atoms with Crippen molar-refractivity contribution < 1.29 is 19.0 Å². The lowest BCUT2D eigenvalue weighted by molar-refractivity contribution is -0.143. The van der Waals surface area contributed by atoms with Crippen molar-refractivity contribution in [2.24, 2.45) is 5.10 Å². The first-order valence-electron chi connectivity index (χ1n) is 10.2. The van der Waals surface area contributed by atoms with Crippen LogP contribution in [0.15, 0.2) is 84.0 Å². The summed E-state index contributed by atoms with van der Waals surface area (Å²) in [6.45, 7) is 0.154. The molecule has 5 rings (SSSR count). The minimum Gasteiger partial charge on any atom is -0.497 e. The van der Waals surface area contributed by atoms with Crippen molar-refractivity contribution in [3.8, 4) is 17.2 Å². The molecule has 0 aliphatic carbocycles. The van der Waals surface area contributed by atoms with Gasteiger partial charge in [-0.1, -0.05) is 42.5 Å². The van der Waals surface area contributed by atoms with Crippen molar-refractivity contribution in [2.75, 3.05) is 13.7 Å². The Morgan fingerprint density at radius 2 is 1.68 bits per heavy atom. The van der Waals surface area contributed by atoms with Gasteiger partial charge in [-0.05, 0) is 47.5 Å². The number of carbonyl (C=O) groups is 1. The van der Waals surface area contributed by atoms with Gasteiger partial charge < -0.3 is 14.2 Å². The fourth-order valence-corrected chi connectivity index (χ4v) is 3.90. The van der Waals surface area contributed by atoms with Crippen LogP contribution in [-0.2, 0) is 4.79 Å². The molecule has 31 heavy (non-hydrogen) atoms. The van der Waals surface area contributed by atoms with Crippen LogP contribution in [0.25, 0.3) is 0 Å². The van der Waals surface area contributed by atoms with Crippen LogP contribution in [-0.4, -0.2) is 36.4 Å². The van der Waals surface area contributed by atoms with Gasteiger partial charge in [0, 0.05) is 6.42 Å². The number of benzene rings is 3. The van der Waals surface area contributed by atoms with Crippen LogP contribution in [0.2, 0.25) is 0 Å². The molecule has 156 valence electrons. The highest BCUT2D eigenvalue weighted by Gasteiger charge is 2.39. The first-order valence-corrected chi connectivity index (χ1v) is 10.2. The Morgan fingerprint density at radius 1 is 0.968 bits per heavy atom. The third kappa shape index (κ3) is 3.72. The normalized spacial score (nSPS) is 19.6. The van der Waals surface area contributed by atoms with E-state index >= 15 is 0 Å². The van der Waals surface area contributed by atoms with E-state index in [2.05, 4.69) is 0 Å². The van der Waals surface area contributed by atoms with Crippen LogP contribution in [0, 0.1) is 0 Å². The lowest BCUT2D eigenvalue weighted by Gasteiger charge is -2.30. The summed E-state index contributed by atoms with van der Waals surface area (Å²) in [5.74, 6) is 1.78. The second-order valence-electron chi connectivity index (χ2n) is 7.45. The maximum atomic E-state index is 13.5. The molecular weight excluding hydrogens is 392 g/mol. The molecule has 3 aromatic carbocycles. The van der Waals surface area contributed by atoms with E-state index < -0.39 is 6.10 Å². The predicted molar refractivity (Wildman–Crippen MR) is 117 cm³/mol. The highest BCUT2D eigenvalue weighted by atomic mass is 16.6. The summed E-state index contributed by atoms with van der Waals surface area (Å²) in [6, 6.07) is 24.8. The topological polar surface area (TPSA) is 60.4 Å². The first kappa shape index (κ1) is 19.2. The number of ether oxygens (including phenoxy) is 3. The SMILES string of the molecule is COc1ccc(C2=NN(C(=O)C3COc4ccccc4O3)C(c3ccccc3)C2)cc1. The van der Waals surface area contributed by atoms with Gasteiger partial charge in [0.25, 0.3) is 5.91 Å². The van der Waals surface area contributed by atoms with E-state index in [0.29, 0.717) is 17.9 Å². The van der Waals surface area contributed by atoms with Crippen LogP contribution in [0.1, 0.15) is 23.6 Å². The van der Waals surface area contributed by atoms with E-state index in [1.54, 1.807) is 18.2 Å². The molecule has 0 aromatic heterocycles. The Morgan fingerprint density at radius 3 is 2.42 bits per heavy atom. The molecule has 0 radical (unpaired) electrons. The average Bonchev–Trinajstić information content (AvgIpc) is 3.29. The van der Waals surface area contributed by atoms with Crippen LogP contribution in [0.5, 0.6) is 17.2 Å². The molecule has 2 aliphatic rings. The molecule has 0 bridgehead atoms. The second kappa shape index (κ2) is 8.14. The van der Waals surface area contributed by atoms with Crippen molar-refractivity contribution in [2.45, 2.75) is 18.6 Å². The van der Waals surface area contributed by atoms with Gasteiger partial charge in [-0.25, -0.2) is 5.01 Å². The van der Waals surface area contributed by atoms with Gasteiger partial charge in [0.2, 0.25) is 6.10 Å². The third-order valence-corrected chi connectivity index (χ3v) is 5.53. The molecule has 2 atom stereocenters. The number of nitrogens with zero attached hydrogens (tertiary/aromatic N) is 2. The Hall–Kier alpha value is -3.80. The fraction of sp³-hybridized carbons (Fsp3) is 0.200. The number of amides is 1. The average molecular weight is 414 g/mol. The van der Waals surface area contributed by atoms with Gasteiger partial charge in [-0.3, -0.25) is 4.79 Å². The summed E-state index contributed by atoms with van der Waals surface area (Å²) in [5.41, 5.74) is 2.84. The number of rotatable bonds is 4. The Balaban J connectivity index is 1.45. The fourth-order valence-electron chi connectivity index (χ4n) is 3.90. The van der Waals surface area contributed by atoms with Gasteiger partial charge in [-0.15, -0.1) is 0 Å². The molecule has 6 heteroatoms. The monoisotopic (exact) mass is 414 g/mol. The highest BCUT2D eigenvalue weighted by Crippen LogP contribution is 2.36. The molecule has 0 fully saturated rings. The smallest absolute Gasteiger partial charge is 0.287 e. The van der Waals surface area contributed by atoms with Crippen LogP contribution < -0.4 is 14.2 Å². The van der Waals surface area contributed by atoms with Crippen LogP contribution in [0.3, 0.4) is 0 Å². The standard InChI is InChI=1S/C25H22N2O4/c1-29-19-13-11-17(12-14-19)20-15-21(18-7-3-2-4-8-18)27(26-20)25(28)24-16-30-22-9-5-6-10-23(22)31-24/h2-14,21,24H,15-16H2,1H3. The Kier molecular flexibility index (Phi) is 5.04. The van der Waals surface area contributed by atoms with Crippen molar-refractivity contribution >= 4 is 11.6 Å². The molecule has 2 unspecified atom stereocenters. The summed E-state index contributed by atoms with van der Waals surface area (Å²) in [5, 5.41) is 6.28. The summed E-state index contributed by atoms with van der Waals surface area (Å²) in [6.07, 6.45) is -0.133. The third-order valence-electron chi connectivity index (χ3n) is 5.53. The summed E-state index contributed by atoms with van der Waals surface area (Å²) in [7, 11) is 1.64. The van der Waals surface area contributed by atoms with Gasteiger partial charge in [0.15, 0.2) is 11.5 Å². The van der Waals surface area contributed by atoms with Gasteiger partial charge in [0.05, 0.1) is 18.9 Å². The molecule has 0 saturated heterocycles. The summed E-state index contributed by atoms with van der Waals surface area (Å²) >= 11 is 0.